The highest BCUT2D eigenvalue weighted by molar-refractivity contribution is 5.75. The van der Waals surface area contributed by atoms with Gasteiger partial charge in [0.25, 0.3) is 0 Å². The first kappa shape index (κ1) is 11.6. The number of hydrogen-bond acceptors (Lipinski definition) is 2. The largest absolute Gasteiger partial charge is 0.378 e. The lowest BCUT2D eigenvalue weighted by atomic mass is 10.1. The zero-order chi connectivity index (χ0) is 9.56. The number of ketones is 1. The van der Waals surface area contributed by atoms with Gasteiger partial charge < -0.3 is 9.53 Å². The van der Waals surface area contributed by atoms with E-state index in [4.69, 9.17) is 4.74 Å². The van der Waals surface area contributed by atoms with Gasteiger partial charge in [0.05, 0.1) is 6.10 Å². The van der Waals surface area contributed by atoms with Gasteiger partial charge in [-0.15, -0.1) is 0 Å². The fraction of sp³-hybridized carbons (Fsp3) is 0.900. The van der Waals surface area contributed by atoms with Crippen LogP contribution in [0.15, 0.2) is 0 Å². The standard InChI is InChI=1S/C10H20O2/c1-8(2)10(4)12-7-5-6-9(3)11/h8,10H,5-7H2,1-4H3. The average Bonchev–Trinajstić information content (AvgIpc) is 1.97. The van der Waals surface area contributed by atoms with Gasteiger partial charge >= 0.3 is 0 Å². The number of Topliss-reactive ketones (excluding diaryl/α,β-unsaturated/α-hetero) is 1. The van der Waals surface area contributed by atoms with Gasteiger partial charge in [0.15, 0.2) is 0 Å². The van der Waals surface area contributed by atoms with E-state index in [1.807, 2.05) is 0 Å². The van der Waals surface area contributed by atoms with E-state index in [0.717, 1.165) is 6.42 Å². The SMILES string of the molecule is CC(=O)CCCOC(C)C(C)C. The molecule has 0 rings (SSSR count). The van der Waals surface area contributed by atoms with E-state index in [-0.39, 0.29) is 5.78 Å². The Balaban J connectivity index is 3.25. The summed E-state index contributed by atoms with van der Waals surface area (Å²) in [5.74, 6) is 0.804. The maximum atomic E-state index is 10.6. The molecule has 0 heterocycles. The molecule has 0 aliphatic rings. The molecule has 72 valence electrons. The van der Waals surface area contributed by atoms with Crippen LogP contribution in [0.2, 0.25) is 0 Å². The van der Waals surface area contributed by atoms with Crippen LogP contribution in [0.3, 0.4) is 0 Å². The molecule has 0 aliphatic heterocycles. The third kappa shape index (κ3) is 6.35. The first-order valence-electron chi connectivity index (χ1n) is 4.65. The molecule has 0 saturated carbocycles. The predicted molar refractivity (Wildman–Crippen MR) is 50.2 cm³/mol. The van der Waals surface area contributed by atoms with Crippen molar-refractivity contribution in [2.24, 2.45) is 5.92 Å². The highest BCUT2D eigenvalue weighted by Crippen LogP contribution is 2.05. The van der Waals surface area contributed by atoms with Crippen LogP contribution in [-0.4, -0.2) is 18.5 Å². The van der Waals surface area contributed by atoms with Crippen molar-refractivity contribution in [1.29, 1.82) is 0 Å². The third-order valence-corrected chi connectivity index (χ3v) is 1.99. The lowest BCUT2D eigenvalue weighted by molar-refractivity contribution is -0.117. The van der Waals surface area contributed by atoms with Gasteiger partial charge in [0, 0.05) is 13.0 Å². The molecule has 0 aromatic rings. The monoisotopic (exact) mass is 172 g/mol. The average molecular weight is 172 g/mol. The highest BCUT2D eigenvalue weighted by atomic mass is 16.5. The summed E-state index contributed by atoms with van der Waals surface area (Å²) in [5, 5.41) is 0. The fourth-order valence-electron chi connectivity index (χ4n) is 0.783. The summed E-state index contributed by atoms with van der Waals surface area (Å²) >= 11 is 0. The Morgan fingerprint density at radius 1 is 1.33 bits per heavy atom. The summed E-state index contributed by atoms with van der Waals surface area (Å²) in [6, 6.07) is 0. The summed E-state index contributed by atoms with van der Waals surface area (Å²) in [4.78, 5) is 10.6. The molecule has 0 radical (unpaired) electrons. The van der Waals surface area contributed by atoms with E-state index >= 15 is 0 Å². The number of hydrogen-bond donors (Lipinski definition) is 0. The van der Waals surface area contributed by atoms with Gasteiger partial charge in [-0.2, -0.15) is 0 Å². The molecule has 0 aliphatic carbocycles. The van der Waals surface area contributed by atoms with Crippen molar-refractivity contribution < 1.29 is 9.53 Å². The molecule has 12 heavy (non-hydrogen) atoms. The summed E-state index contributed by atoms with van der Waals surface area (Å²) in [5.41, 5.74) is 0. The molecule has 0 saturated heterocycles. The number of rotatable bonds is 6. The van der Waals surface area contributed by atoms with Crippen LogP contribution in [0.25, 0.3) is 0 Å². The predicted octanol–water partition coefficient (Wildman–Crippen LogP) is 2.42. The van der Waals surface area contributed by atoms with Crippen LogP contribution in [0.1, 0.15) is 40.5 Å². The minimum atomic E-state index is 0.246. The van der Waals surface area contributed by atoms with E-state index in [1.54, 1.807) is 6.92 Å². The zero-order valence-corrected chi connectivity index (χ0v) is 8.59. The van der Waals surface area contributed by atoms with Crippen molar-refractivity contribution in [2.75, 3.05) is 6.61 Å². The molecule has 1 unspecified atom stereocenters. The van der Waals surface area contributed by atoms with Gasteiger partial charge in [-0.25, -0.2) is 0 Å². The Morgan fingerprint density at radius 3 is 2.33 bits per heavy atom. The van der Waals surface area contributed by atoms with Crippen LogP contribution in [0.5, 0.6) is 0 Å². The summed E-state index contributed by atoms with van der Waals surface area (Å²) < 4.78 is 5.50. The maximum absolute atomic E-state index is 10.6. The lowest BCUT2D eigenvalue weighted by Crippen LogP contribution is -2.16. The summed E-state index contributed by atoms with van der Waals surface area (Å²) in [6.07, 6.45) is 1.80. The molecular formula is C10H20O2. The van der Waals surface area contributed by atoms with Crippen LogP contribution in [0, 0.1) is 5.92 Å². The molecule has 1 atom stereocenters. The van der Waals surface area contributed by atoms with Gasteiger partial charge in [0.2, 0.25) is 0 Å². The van der Waals surface area contributed by atoms with Crippen molar-refractivity contribution in [3.05, 3.63) is 0 Å². The van der Waals surface area contributed by atoms with E-state index in [2.05, 4.69) is 20.8 Å². The summed E-state index contributed by atoms with van der Waals surface area (Å²) in [7, 11) is 0. The molecule has 2 nitrogen and oxygen atoms in total. The van der Waals surface area contributed by atoms with Gasteiger partial charge in [-0.05, 0) is 26.2 Å². The molecule has 0 spiro atoms. The maximum Gasteiger partial charge on any atom is 0.129 e. The first-order chi connectivity index (χ1) is 5.54. The summed E-state index contributed by atoms with van der Waals surface area (Å²) in [6.45, 7) is 8.66. The van der Waals surface area contributed by atoms with Gasteiger partial charge in [-0.3, -0.25) is 0 Å². The Morgan fingerprint density at radius 2 is 1.92 bits per heavy atom. The Kier molecular flexibility index (Phi) is 5.99. The van der Waals surface area contributed by atoms with Crippen molar-refractivity contribution in [2.45, 2.75) is 46.6 Å². The van der Waals surface area contributed by atoms with Crippen molar-refractivity contribution >= 4 is 5.78 Å². The normalized spacial score (nSPS) is 13.4. The van der Waals surface area contributed by atoms with E-state index in [9.17, 15) is 4.79 Å². The van der Waals surface area contributed by atoms with Crippen molar-refractivity contribution in [1.82, 2.24) is 0 Å². The molecule has 0 fully saturated rings. The molecule has 0 aromatic carbocycles. The topological polar surface area (TPSA) is 26.3 Å². The molecule has 0 amide bonds. The number of ether oxygens (including phenoxy) is 1. The molecule has 0 aromatic heterocycles. The third-order valence-electron chi connectivity index (χ3n) is 1.99. The highest BCUT2D eigenvalue weighted by Gasteiger charge is 2.06. The van der Waals surface area contributed by atoms with Crippen LogP contribution in [-0.2, 0) is 9.53 Å². The smallest absolute Gasteiger partial charge is 0.129 e. The van der Waals surface area contributed by atoms with Gasteiger partial charge in [0.1, 0.15) is 5.78 Å². The van der Waals surface area contributed by atoms with Gasteiger partial charge in [-0.1, -0.05) is 13.8 Å². The second-order valence-electron chi connectivity index (χ2n) is 3.63. The minimum Gasteiger partial charge on any atom is -0.378 e. The fourth-order valence-corrected chi connectivity index (χ4v) is 0.783. The van der Waals surface area contributed by atoms with Crippen molar-refractivity contribution in [3.8, 4) is 0 Å². The van der Waals surface area contributed by atoms with E-state index < -0.39 is 0 Å². The van der Waals surface area contributed by atoms with Crippen molar-refractivity contribution in [3.63, 3.8) is 0 Å². The first-order valence-corrected chi connectivity index (χ1v) is 4.65. The minimum absolute atomic E-state index is 0.246. The lowest BCUT2D eigenvalue weighted by Gasteiger charge is -2.15. The van der Waals surface area contributed by atoms with Crippen LogP contribution in [0.4, 0.5) is 0 Å². The molecular weight excluding hydrogens is 152 g/mol. The Labute approximate surface area is 75.3 Å². The van der Waals surface area contributed by atoms with E-state index in [1.165, 1.54) is 0 Å². The second kappa shape index (κ2) is 6.18. The van der Waals surface area contributed by atoms with Crippen LogP contribution < -0.4 is 0 Å². The molecule has 0 N–H and O–H groups in total. The Hall–Kier alpha value is -0.370. The van der Waals surface area contributed by atoms with Crippen LogP contribution >= 0.6 is 0 Å². The Bertz CT molecular complexity index is 130. The zero-order valence-electron chi connectivity index (χ0n) is 8.59. The molecule has 2 heteroatoms. The quantitative estimate of drug-likeness (QED) is 0.575. The second-order valence-corrected chi connectivity index (χ2v) is 3.63. The molecule has 0 bridgehead atoms. The number of carbonyl (C=O) groups is 1. The number of carbonyl (C=O) groups excluding carboxylic acids is 1. The van der Waals surface area contributed by atoms with E-state index in [0.29, 0.717) is 25.0 Å².